The number of halogens is 1. The first kappa shape index (κ1) is 10.9. The zero-order valence-electron chi connectivity index (χ0n) is 8.93. The van der Waals surface area contributed by atoms with Gasteiger partial charge in [0.05, 0.1) is 0 Å². The highest BCUT2D eigenvalue weighted by Crippen LogP contribution is 2.34. The van der Waals surface area contributed by atoms with Crippen LogP contribution in [-0.2, 0) is 0 Å². The summed E-state index contributed by atoms with van der Waals surface area (Å²) in [6.07, 6.45) is 8.05. The summed E-state index contributed by atoms with van der Waals surface area (Å²) in [5, 5.41) is 0. The molecule has 1 heterocycles. The van der Waals surface area contributed by atoms with Gasteiger partial charge in [-0.2, -0.15) is 0 Å². The summed E-state index contributed by atoms with van der Waals surface area (Å²) in [4.78, 5) is 0.739. The van der Waals surface area contributed by atoms with Crippen LogP contribution in [0.5, 0.6) is 0 Å². The van der Waals surface area contributed by atoms with Crippen molar-refractivity contribution in [1.29, 1.82) is 0 Å². The molecule has 1 aliphatic carbocycles. The number of alkyl halides is 1. The van der Waals surface area contributed by atoms with Crippen LogP contribution in [0.15, 0.2) is 0 Å². The molecule has 4 unspecified atom stereocenters. The van der Waals surface area contributed by atoms with Crippen molar-refractivity contribution in [3.05, 3.63) is 0 Å². The molecule has 1 saturated carbocycles. The molecule has 2 N–H and O–H groups in total. The summed E-state index contributed by atoms with van der Waals surface area (Å²) in [6.45, 7) is 2.27. The molecular weight excluding hydrogens is 240 g/mol. The fourth-order valence-electron chi connectivity index (χ4n) is 2.82. The highest BCUT2D eigenvalue weighted by atomic mass is 79.9. The SMILES string of the molecule is CCCCC1NNC2CC(Br)CCC12. The van der Waals surface area contributed by atoms with Crippen molar-refractivity contribution >= 4 is 15.9 Å². The number of hydrogen-bond acceptors (Lipinski definition) is 2. The zero-order valence-corrected chi connectivity index (χ0v) is 10.5. The van der Waals surface area contributed by atoms with Gasteiger partial charge in [-0.15, -0.1) is 0 Å². The first-order valence-corrected chi connectivity index (χ1v) is 6.88. The summed E-state index contributed by atoms with van der Waals surface area (Å²) in [6, 6.07) is 1.45. The lowest BCUT2D eigenvalue weighted by atomic mass is 9.80. The van der Waals surface area contributed by atoms with Crippen molar-refractivity contribution in [3.63, 3.8) is 0 Å². The lowest BCUT2D eigenvalue weighted by Gasteiger charge is -2.30. The van der Waals surface area contributed by atoms with Gasteiger partial charge in [0.15, 0.2) is 0 Å². The van der Waals surface area contributed by atoms with E-state index in [4.69, 9.17) is 0 Å². The Morgan fingerprint density at radius 2 is 2.14 bits per heavy atom. The predicted octanol–water partition coefficient (Wildman–Crippen LogP) is 2.59. The topological polar surface area (TPSA) is 24.1 Å². The van der Waals surface area contributed by atoms with Crippen molar-refractivity contribution in [2.75, 3.05) is 0 Å². The molecule has 1 saturated heterocycles. The summed E-state index contributed by atoms with van der Waals surface area (Å²) in [5.74, 6) is 0.885. The Kier molecular flexibility index (Phi) is 3.86. The maximum atomic E-state index is 3.73. The molecule has 0 amide bonds. The lowest BCUT2D eigenvalue weighted by Crippen LogP contribution is -2.36. The second-order valence-corrected chi connectivity index (χ2v) is 6.01. The number of fused-ring (bicyclic) bond motifs is 1. The van der Waals surface area contributed by atoms with Crippen molar-refractivity contribution in [3.8, 4) is 0 Å². The highest BCUT2D eigenvalue weighted by molar-refractivity contribution is 9.09. The van der Waals surface area contributed by atoms with E-state index in [1.54, 1.807) is 0 Å². The standard InChI is InChI=1S/C11H21BrN2/c1-2-3-4-10-9-6-5-8(12)7-11(9)14-13-10/h8-11,13-14H,2-7H2,1H3. The maximum Gasteiger partial charge on any atom is 0.0267 e. The van der Waals surface area contributed by atoms with Crippen molar-refractivity contribution in [1.82, 2.24) is 10.9 Å². The number of unbranched alkanes of at least 4 members (excludes halogenated alkanes) is 1. The molecule has 0 spiro atoms. The number of nitrogens with one attached hydrogen (secondary N) is 2. The zero-order chi connectivity index (χ0) is 9.97. The van der Waals surface area contributed by atoms with Gasteiger partial charge in [0.25, 0.3) is 0 Å². The molecule has 4 atom stereocenters. The molecule has 0 aromatic rings. The van der Waals surface area contributed by atoms with Gasteiger partial charge in [0.2, 0.25) is 0 Å². The van der Waals surface area contributed by atoms with E-state index in [0.717, 1.165) is 22.8 Å². The van der Waals surface area contributed by atoms with Gasteiger partial charge in [0.1, 0.15) is 0 Å². The van der Waals surface area contributed by atoms with Crippen LogP contribution in [0.2, 0.25) is 0 Å². The fourth-order valence-corrected chi connectivity index (χ4v) is 3.49. The Bertz CT molecular complexity index is 186. The van der Waals surface area contributed by atoms with Crippen molar-refractivity contribution < 1.29 is 0 Å². The van der Waals surface area contributed by atoms with Gasteiger partial charge >= 0.3 is 0 Å². The third kappa shape index (κ3) is 2.31. The molecular formula is C11H21BrN2. The van der Waals surface area contributed by atoms with Gasteiger partial charge in [-0.3, -0.25) is 10.9 Å². The lowest BCUT2D eigenvalue weighted by molar-refractivity contribution is 0.303. The summed E-state index contributed by atoms with van der Waals surface area (Å²) < 4.78 is 0. The molecule has 0 aromatic heterocycles. The van der Waals surface area contributed by atoms with Gasteiger partial charge in [-0.1, -0.05) is 35.7 Å². The maximum absolute atomic E-state index is 3.73. The monoisotopic (exact) mass is 260 g/mol. The molecule has 0 aromatic carbocycles. The number of hydrogen-bond donors (Lipinski definition) is 2. The minimum absolute atomic E-state index is 0.718. The van der Waals surface area contributed by atoms with Crippen LogP contribution >= 0.6 is 15.9 Å². The fraction of sp³-hybridized carbons (Fsp3) is 1.00. The van der Waals surface area contributed by atoms with Crippen LogP contribution in [-0.4, -0.2) is 16.9 Å². The predicted molar refractivity (Wildman–Crippen MR) is 63.4 cm³/mol. The molecule has 0 radical (unpaired) electrons. The molecule has 2 fully saturated rings. The smallest absolute Gasteiger partial charge is 0.0267 e. The molecule has 2 rings (SSSR count). The largest absolute Gasteiger partial charge is 0.254 e. The molecule has 3 heteroatoms. The number of hydrazine groups is 1. The van der Waals surface area contributed by atoms with Crippen LogP contribution in [0.3, 0.4) is 0 Å². The average Bonchev–Trinajstić information content (AvgIpc) is 2.57. The van der Waals surface area contributed by atoms with E-state index < -0.39 is 0 Å². The van der Waals surface area contributed by atoms with E-state index in [1.807, 2.05) is 0 Å². The molecule has 2 nitrogen and oxygen atoms in total. The molecule has 2 aliphatic rings. The molecule has 0 bridgehead atoms. The number of rotatable bonds is 3. The third-order valence-electron chi connectivity index (χ3n) is 3.68. The minimum atomic E-state index is 0.718. The summed E-state index contributed by atoms with van der Waals surface area (Å²) >= 11 is 3.73. The Balaban J connectivity index is 1.85. The van der Waals surface area contributed by atoms with Gasteiger partial charge in [-0.05, 0) is 31.6 Å². The second kappa shape index (κ2) is 4.95. The van der Waals surface area contributed by atoms with Crippen LogP contribution in [0.4, 0.5) is 0 Å². The first-order valence-electron chi connectivity index (χ1n) is 5.96. The van der Waals surface area contributed by atoms with Crippen molar-refractivity contribution in [2.45, 2.75) is 62.4 Å². The molecule has 14 heavy (non-hydrogen) atoms. The van der Waals surface area contributed by atoms with E-state index in [1.165, 1.54) is 38.5 Å². The molecule has 82 valence electrons. The minimum Gasteiger partial charge on any atom is -0.254 e. The quantitative estimate of drug-likeness (QED) is 0.763. The second-order valence-electron chi connectivity index (χ2n) is 4.72. The Labute approximate surface area is 95.3 Å². The highest BCUT2D eigenvalue weighted by Gasteiger charge is 2.38. The molecule has 1 aliphatic heterocycles. The van der Waals surface area contributed by atoms with Crippen LogP contribution in [0, 0.1) is 5.92 Å². The van der Waals surface area contributed by atoms with Gasteiger partial charge in [-0.25, -0.2) is 0 Å². The summed E-state index contributed by atoms with van der Waals surface area (Å²) in [5.41, 5.74) is 6.95. The van der Waals surface area contributed by atoms with E-state index in [9.17, 15) is 0 Å². The summed E-state index contributed by atoms with van der Waals surface area (Å²) in [7, 11) is 0. The van der Waals surface area contributed by atoms with Crippen molar-refractivity contribution in [2.24, 2.45) is 5.92 Å². The van der Waals surface area contributed by atoms with E-state index >= 15 is 0 Å². The van der Waals surface area contributed by atoms with Crippen LogP contribution in [0.1, 0.15) is 45.4 Å². The average molecular weight is 261 g/mol. The first-order chi connectivity index (χ1) is 6.81. The van der Waals surface area contributed by atoms with E-state index in [2.05, 4.69) is 33.7 Å². The van der Waals surface area contributed by atoms with Crippen LogP contribution < -0.4 is 10.9 Å². The Hall–Kier alpha value is 0.400. The Morgan fingerprint density at radius 3 is 2.93 bits per heavy atom. The normalized spacial score (nSPS) is 42.4. The van der Waals surface area contributed by atoms with Gasteiger partial charge < -0.3 is 0 Å². The van der Waals surface area contributed by atoms with E-state index in [-0.39, 0.29) is 0 Å². The van der Waals surface area contributed by atoms with Crippen LogP contribution in [0.25, 0.3) is 0 Å². The van der Waals surface area contributed by atoms with E-state index in [0.29, 0.717) is 0 Å². The van der Waals surface area contributed by atoms with Gasteiger partial charge in [0, 0.05) is 16.9 Å². The third-order valence-corrected chi connectivity index (χ3v) is 4.51. The Morgan fingerprint density at radius 1 is 1.29 bits per heavy atom.